The highest BCUT2D eigenvalue weighted by molar-refractivity contribution is 7.89. The number of benzene rings is 2. The maximum Gasteiger partial charge on any atom is 0.255 e. The van der Waals surface area contributed by atoms with Crippen LogP contribution in [0.15, 0.2) is 41.3 Å². The van der Waals surface area contributed by atoms with Crippen LogP contribution >= 0.6 is 11.6 Å². The second-order valence-corrected chi connectivity index (χ2v) is 8.77. The molecule has 152 valence electrons. The van der Waals surface area contributed by atoms with Crippen LogP contribution in [0.3, 0.4) is 0 Å². The summed E-state index contributed by atoms with van der Waals surface area (Å²) in [6, 6.07) is 9.09. The molecule has 2 N–H and O–H groups in total. The predicted molar refractivity (Wildman–Crippen MR) is 112 cm³/mol. The largest absolute Gasteiger partial charge is 0.495 e. The Morgan fingerprint density at radius 1 is 1.14 bits per heavy atom. The van der Waals surface area contributed by atoms with Crippen molar-refractivity contribution in [3.63, 3.8) is 0 Å². The molecule has 0 aliphatic carbocycles. The van der Waals surface area contributed by atoms with E-state index in [1.807, 2.05) is 19.0 Å². The zero-order valence-electron chi connectivity index (χ0n) is 16.4. The Morgan fingerprint density at radius 3 is 2.39 bits per heavy atom. The fraction of sp³-hybridized carbons (Fsp3) is 0.316. The molecule has 0 aromatic heterocycles. The highest BCUT2D eigenvalue weighted by atomic mass is 35.5. The van der Waals surface area contributed by atoms with Gasteiger partial charge in [0.1, 0.15) is 10.6 Å². The number of rotatable bonds is 7. The van der Waals surface area contributed by atoms with Crippen LogP contribution in [0.5, 0.6) is 5.75 Å². The summed E-state index contributed by atoms with van der Waals surface area (Å²) in [5.74, 6) is -0.310. The van der Waals surface area contributed by atoms with Crippen molar-refractivity contribution in [3.8, 4) is 5.75 Å². The van der Waals surface area contributed by atoms with E-state index in [1.165, 1.54) is 25.3 Å². The highest BCUT2D eigenvalue weighted by Crippen LogP contribution is 2.29. The molecule has 0 bridgehead atoms. The normalized spacial score (nSPS) is 11.4. The van der Waals surface area contributed by atoms with Crippen LogP contribution in [-0.2, 0) is 10.0 Å². The zero-order chi connectivity index (χ0) is 21.1. The lowest BCUT2D eigenvalue weighted by atomic mass is 10.2. The van der Waals surface area contributed by atoms with Gasteiger partial charge in [0.2, 0.25) is 10.0 Å². The van der Waals surface area contributed by atoms with E-state index in [9.17, 15) is 13.2 Å². The minimum Gasteiger partial charge on any atom is -0.495 e. The van der Waals surface area contributed by atoms with Gasteiger partial charge in [0.25, 0.3) is 5.91 Å². The lowest BCUT2D eigenvalue weighted by Crippen LogP contribution is -2.30. The van der Waals surface area contributed by atoms with Gasteiger partial charge in [-0.25, -0.2) is 13.1 Å². The molecule has 0 saturated heterocycles. The van der Waals surface area contributed by atoms with Crippen LogP contribution in [0.25, 0.3) is 0 Å². The fourth-order valence-electron chi connectivity index (χ4n) is 2.59. The molecule has 1 amide bonds. The number of ether oxygens (including phenoxy) is 1. The molecule has 0 atom stereocenters. The van der Waals surface area contributed by atoms with Crippen LogP contribution in [0, 0.1) is 0 Å². The highest BCUT2D eigenvalue weighted by Gasteiger charge is 2.23. The molecule has 0 fully saturated rings. The summed E-state index contributed by atoms with van der Waals surface area (Å²) in [5.41, 5.74) is 1.46. The summed E-state index contributed by atoms with van der Waals surface area (Å²) in [5, 5.41) is 3.26. The van der Waals surface area contributed by atoms with Crippen LogP contribution in [-0.4, -0.2) is 41.6 Å². The minimum atomic E-state index is -3.84. The number of methoxy groups -OCH3 is 1. The average Bonchev–Trinajstić information content (AvgIpc) is 2.59. The molecule has 28 heavy (non-hydrogen) atoms. The van der Waals surface area contributed by atoms with E-state index >= 15 is 0 Å². The maximum absolute atomic E-state index is 12.8. The van der Waals surface area contributed by atoms with E-state index in [1.54, 1.807) is 32.0 Å². The summed E-state index contributed by atoms with van der Waals surface area (Å²) in [4.78, 5) is 14.5. The molecular formula is C19H24ClN3O4S. The molecule has 9 heteroatoms. The summed E-state index contributed by atoms with van der Waals surface area (Å²) >= 11 is 6.05. The van der Waals surface area contributed by atoms with Crippen LogP contribution < -0.4 is 19.7 Å². The molecule has 0 aliphatic heterocycles. The molecule has 0 aliphatic rings. The third kappa shape index (κ3) is 5.15. The topological polar surface area (TPSA) is 87.7 Å². The van der Waals surface area contributed by atoms with E-state index in [-0.39, 0.29) is 22.3 Å². The second-order valence-electron chi connectivity index (χ2n) is 6.65. The third-order valence-corrected chi connectivity index (χ3v) is 5.71. The van der Waals surface area contributed by atoms with Gasteiger partial charge in [-0.1, -0.05) is 11.6 Å². The number of hydrogen-bond acceptors (Lipinski definition) is 5. The fourth-order valence-corrected chi connectivity index (χ4v) is 4.21. The molecule has 0 saturated carbocycles. The number of halogens is 1. The Balaban J connectivity index is 2.43. The van der Waals surface area contributed by atoms with E-state index in [4.69, 9.17) is 16.3 Å². The van der Waals surface area contributed by atoms with Gasteiger partial charge in [0, 0.05) is 30.7 Å². The first-order valence-electron chi connectivity index (χ1n) is 8.53. The van der Waals surface area contributed by atoms with Crippen molar-refractivity contribution in [2.45, 2.75) is 24.8 Å². The number of carbonyl (C=O) groups is 1. The Labute approximate surface area is 170 Å². The van der Waals surface area contributed by atoms with E-state index < -0.39 is 15.9 Å². The number of carbonyl (C=O) groups excluding carboxylic acids is 1. The van der Waals surface area contributed by atoms with Crippen molar-refractivity contribution in [2.75, 3.05) is 31.4 Å². The first kappa shape index (κ1) is 22.0. The monoisotopic (exact) mass is 425 g/mol. The van der Waals surface area contributed by atoms with E-state index in [2.05, 4.69) is 10.0 Å². The van der Waals surface area contributed by atoms with Gasteiger partial charge in [-0.3, -0.25) is 4.79 Å². The number of nitrogens with one attached hydrogen (secondary N) is 2. The Bertz CT molecular complexity index is 975. The van der Waals surface area contributed by atoms with Crippen molar-refractivity contribution < 1.29 is 17.9 Å². The zero-order valence-corrected chi connectivity index (χ0v) is 18.0. The number of hydrogen-bond donors (Lipinski definition) is 2. The lowest BCUT2D eigenvalue weighted by molar-refractivity contribution is 0.102. The van der Waals surface area contributed by atoms with Gasteiger partial charge in [-0.2, -0.15) is 0 Å². The predicted octanol–water partition coefficient (Wildman–Crippen LogP) is 3.35. The summed E-state index contributed by atoms with van der Waals surface area (Å²) in [7, 11) is 1.21. The Kier molecular flexibility index (Phi) is 6.92. The van der Waals surface area contributed by atoms with Crippen LogP contribution in [0.4, 0.5) is 11.4 Å². The SMILES string of the molecule is COc1ccc(C(=O)Nc2cc(Cl)ccc2N(C)C)cc1S(=O)(=O)NC(C)C. The van der Waals surface area contributed by atoms with Gasteiger partial charge < -0.3 is 15.0 Å². The number of nitrogens with zero attached hydrogens (tertiary/aromatic N) is 1. The van der Waals surface area contributed by atoms with Gasteiger partial charge in [0.05, 0.1) is 18.5 Å². The van der Waals surface area contributed by atoms with Gasteiger partial charge in [-0.05, 0) is 50.2 Å². The summed E-state index contributed by atoms with van der Waals surface area (Å²) < 4.78 is 32.8. The molecule has 2 rings (SSSR count). The van der Waals surface area contributed by atoms with Gasteiger partial charge >= 0.3 is 0 Å². The van der Waals surface area contributed by atoms with E-state index in [0.29, 0.717) is 10.7 Å². The molecule has 2 aromatic rings. The standard InChI is InChI=1S/C19H24ClN3O4S/c1-12(2)22-28(25,26)18-10-13(6-9-17(18)27-5)19(24)21-15-11-14(20)7-8-16(15)23(3)4/h6-12,22H,1-5H3,(H,21,24). The molecule has 0 radical (unpaired) electrons. The minimum absolute atomic E-state index is 0.102. The maximum atomic E-state index is 12.8. The summed E-state index contributed by atoms with van der Waals surface area (Å²) in [6.07, 6.45) is 0. The van der Waals surface area contributed by atoms with Gasteiger partial charge in [0.15, 0.2) is 0 Å². The quantitative estimate of drug-likeness (QED) is 0.710. The average molecular weight is 426 g/mol. The first-order chi connectivity index (χ1) is 13.0. The lowest BCUT2D eigenvalue weighted by Gasteiger charge is -2.18. The number of amides is 1. The molecule has 2 aromatic carbocycles. The van der Waals surface area contributed by atoms with Crippen molar-refractivity contribution >= 4 is 38.9 Å². The molecule has 0 heterocycles. The summed E-state index contributed by atoms with van der Waals surface area (Å²) in [6.45, 7) is 3.42. The number of sulfonamides is 1. The second kappa shape index (κ2) is 8.81. The first-order valence-corrected chi connectivity index (χ1v) is 10.4. The third-order valence-electron chi connectivity index (χ3n) is 3.79. The molecular weight excluding hydrogens is 402 g/mol. The Morgan fingerprint density at radius 2 is 1.82 bits per heavy atom. The van der Waals surface area contributed by atoms with Crippen LogP contribution in [0.2, 0.25) is 5.02 Å². The molecule has 0 spiro atoms. The number of anilines is 2. The van der Waals surface area contributed by atoms with Crippen molar-refractivity contribution in [2.24, 2.45) is 0 Å². The van der Waals surface area contributed by atoms with Crippen molar-refractivity contribution in [3.05, 3.63) is 47.0 Å². The van der Waals surface area contributed by atoms with E-state index in [0.717, 1.165) is 5.69 Å². The Hall–Kier alpha value is -2.29. The van der Waals surface area contributed by atoms with Crippen LogP contribution in [0.1, 0.15) is 24.2 Å². The molecule has 7 nitrogen and oxygen atoms in total. The van der Waals surface area contributed by atoms with Gasteiger partial charge in [-0.15, -0.1) is 0 Å². The van der Waals surface area contributed by atoms with Crippen molar-refractivity contribution in [1.29, 1.82) is 0 Å². The molecule has 0 unspecified atom stereocenters. The van der Waals surface area contributed by atoms with Crippen molar-refractivity contribution in [1.82, 2.24) is 4.72 Å². The smallest absolute Gasteiger partial charge is 0.255 e.